The van der Waals surface area contributed by atoms with E-state index in [0.29, 0.717) is 25.3 Å². The maximum atomic E-state index is 12.8. The van der Waals surface area contributed by atoms with Crippen LogP contribution in [0.5, 0.6) is 0 Å². The largest absolute Gasteiger partial charge is 0.434 e. The van der Waals surface area contributed by atoms with E-state index < -0.39 is 47.1 Å². The number of nitrogens with one attached hydrogen (secondary N) is 4. The van der Waals surface area contributed by atoms with Crippen molar-refractivity contribution in [3.05, 3.63) is 35.9 Å². The third kappa shape index (κ3) is 20.3. The smallest absolute Gasteiger partial charge is 0.427 e. The van der Waals surface area contributed by atoms with Crippen molar-refractivity contribution in [2.75, 3.05) is 27.2 Å². The van der Waals surface area contributed by atoms with Gasteiger partial charge in [-0.2, -0.15) is 13.2 Å². The molecule has 2 fully saturated rings. The number of alkyl halides is 3. The molecule has 0 radical (unpaired) electrons. The molecule has 1 aromatic carbocycles. The van der Waals surface area contributed by atoms with Gasteiger partial charge in [-0.15, -0.1) is 0 Å². The Morgan fingerprint density at radius 1 is 0.947 bits per heavy atom. The fourth-order valence-corrected chi connectivity index (χ4v) is 5.06. The van der Waals surface area contributed by atoms with E-state index in [1.54, 1.807) is 39.8 Å². The van der Waals surface area contributed by atoms with Crippen molar-refractivity contribution in [3.8, 4) is 0 Å². The fourth-order valence-electron chi connectivity index (χ4n) is 5.06. The molecule has 0 bridgehead atoms. The van der Waals surface area contributed by atoms with Gasteiger partial charge >= 0.3 is 12.3 Å². The molecule has 57 heavy (non-hydrogen) atoms. The van der Waals surface area contributed by atoms with Gasteiger partial charge in [0.1, 0.15) is 6.04 Å². The maximum Gasteiger partial charge on any atom is 0.427 e. The summed E-state index contributed by atoms with van der Waals surface area (Å²) in [5.74, 6) is -1.89. The molecule has 4 N–H and O–H groups in total. The van der Waals surface area contributed by atoms with E-state index in [9.17, 15) is 46.7 Å². The quantitative estimate of drug-likeness (QED) is 0.148. The lowest BCUT2D eigenvalue weighted by atomic mass is 9.85. The van der Waals surface area contributed by atoms with Crippen LogP contribution in [0.2, 0.25) is 0 Å². The van der Waals surface area contributed by atoms with Crippen molar-refractivity contribution in [2.24, 2.45) is 11.3 Å². The number of carbonyl (C=O) groups is 7. The molecule has 0 spiro atoms. The lowest BCUT2D eigenvalue weighted by Crippen LogP contribution is -2.57. The number of rotatable bonds is 14. The van der Waals surface area contributed by atoms with E-state index in [4.69, 9.17) is 0 Å². The molecule has 6 amide bonds. The number of hydrogen-bond acceptors (Lipinski definition) is 8. The Morgan fingerprint density at radius 2 is 1.49 bits per heavy atom. The lowest BCUT2D eigenvalue weighted by molar-refractivity contribution is -0.244. The van der Waals surface area contributed by atoms with Gasteiger partial charge in [-0.1, -0.05) is 84.2 Å². The Kier molecular flexibility index (Phi) is 22.8. The highest BCUT2D eigenvalue weighted by molar-refractivity contribution is 6.38. The van der Waals surface area contributed by atoms with Crippen LogP contribution in [0.25, 0.3) is 0 Å². The summed E-state index contributed by atoms with van der Waals surface area (Å²) in [4.78, 5) is 83.8. The molecule has 324 valence electrons. The second-order valence-electron chi connectivity index (χ2n) is 15.9. The number of hydrogen-bond donors (Lipinski definition) is 4. The van der Waals surface area contributed by atoms with E-state index in [0.717, 1.165) is 51.5 Å². The number of alkyl carbamates (subject to hydrolysis) is 1. The predicted octanol–water partition coefficient (Wildman–Crippen LogP) is 5.06. The Bertz CT molecular complexity index is 1430. The van der Waals surface area contributed by atoms with Gasteiger partial charge in [-0.05, 0) is 63.9 Å². The Hall–Kier alpha value is -4.70. The van der Waals surface area contributed by atoms with Crippen LogP contribution in [0.1, 0.15) is 112 Å². The summed E-state index contributed by atoms with van der Waals surface area (Å²) in [5.41, 5.74) is -2.36. The zero-order chi connectivity index (χ0) is 44.1. The zero-order valence-electron chi connectivity index (χ0n) is 35.4. The minimum absolute atomic E-state index is 0.0480. The number of ketones is 1. The van der Waals surface area contributed by atoms with Crippen LogP contribution in [0.3, 0.4) is 0 Å². The van der Waals surface area contributed by atoms with Gasteiger partial charge in [-0.3, -0.25) is 28.8 Å². The summed E-state index contributed by atoms with van der Waals surface area (Å²) in [5, 5.41) is 9.78. The highest BCUT2D eigenvalue weighted by atomic mass is 19.4. The van der Waals surface area contributed by atoms with Crippen molar-refractivity contribution < 1.29 is 51.5 Å². The molecule has 1 aromatic rings. The summed E-state index contributed by atoms with van der Waals surface area (Å²) in [6.45, 7) is 15.0. The Balaban J connectivity index is 0.000000926. The number of ether oxygens (including phenoxy) is 1. The van der Waals surface area contributed by atoms with Gasteiger partial charge < -0.3 is 35.8 Å². The Morgan fingerprint density at radius 3 is 1.91 bits per heavy atom. The molecule has 1 aliphatic carbocycles. The number of carbonyl (C=O) groups excluding carboxylic acids is 7. The first-order valence-corrected chi connectivity index (χ1v) is 19.2. The minimum atomic E-state index is -4.70. The normalized spacial score (nSPS) is 16.5. The molecule has 4 unspecified atom stereocenters. The highest BCUT2D eigenvalue weighted by Gasteiger charge is 2.51. The van der Waals surface area contributed by atoms with E-state index >= 15 is 0 Å². The number of likely N-dealkylation sites (tertiary alicyclic amines) is 1. The van der Waals surface area contributed by atoms with Crippen LogP contribution in [0.4, 0.5) is 18.0 Å². The summed E-state index contributed by atoms with van der Waals surface area (Å²) in [6, 6.07) is 7.46. The molecule has 1 heterocycles. The number of Topliss-reactive ketones (excluding diaryl/α,β-unsaturated/α-hetero) is 1. The van der Waals surface area contributed by atoms with Crippen LogP contribution in [-0.2, 0) is 33.5 Å². The fraction of sp³-hybridized carbons (Fsp3) is 0.675. The monoisotopic (exact) mass is 814 g/mol. The summed E-state index contributed by atoms with van der Waals surface area (Å²) in [6.07, 6.45) is 0.683. The predicted molar refractivity (Wildman–Crippen MR) is 210 cm³/mol. The highest BCUT2D eigenvalue weighted by Crippen LogP contribution is 2.34. The van der Waals surface area contributed by atoms with E-state index in [2.05, 4.69) is 39.9 Å². The number of halogens is 3. The molecule has 2 aliphatic rings. The summed E-state index contributed by atoms with van der Waals surface area (Å²) in [7, 11) is 3.38. The van der Waals surface area contributed by atoms with Gasteiger partial charge in [0.05, 0.1) is 18.6 Å². The van der Waals surface area contributed by atoms with E-state index in [1.807, 2.05) is 44.2 Å². The molecule has 1 saturated heterocycles. The second kappa shape index (κ2) is 24.8. The lowest BCUT2D eigenvalue weighted by Gasteiger charge is -2.36. The van der Waals surface area contributed by atoms with Gasteiger partial charge in [0.2, 0.25) is 36.0 Å². The average molecular weight is 815 g/mol. The van der Waals surface area contributed by atoms with Gasteiger partial charge in [0.15, 0.2) is 0 Å². The molecule has 1 aliphatic heterocycles. The van der Waals surface area contributed by atoms with Crippen molar-refractivity contribution in [1.82, 2.24) is 31.1 Å². The van der Waals surface area contributed by atoms with Crippen LogP contribution < -0.4 is 21.3 Å². The molecule has 17 heteroatoms. The van der Waals surface area contributed by atoms with Crippen LogP contribution in [-0.4, -0.2) is 109 Å². The van der Waals surface area contributed by atoms with Crippen molar-refractivity contribution >= 4 is 42.4 Å². The molecule has 3 rings (SSSR count). The molecular formula is C40H65F3N6O8. The molecule has 14 nitrogen and oxygen atoms in total. The van der Waals surface area contributed by atoms with Crippen LogP contribution in [0.15, 0.2) is 30.3 Å². The third-order valence-electron chi connectivity index (χ3n) is 8.61. The first kappa shape index (κ1) is 52.3. The number of benzene rings is 1. The molecule has 4 atom stereocenters. The summed E-state index contributed by atoms with van der Waals surface area (Å²) >= 11 is 0. The second-order valence-corrected chi connectivity index (χ2v) is 15.9. The minimum Gasteiger partial charge on any atom is -0.434 e. The summed E-state index contributed by atoms with van der Waals surface area (Å²) < 4.78 is 43.0. The van der Waals surface area contributed by atoms with E-state index in [-0.39, 0.29) is 30.4 Å². The van der Waals surface area contributed by atoms with E-state index in [1.165, 1.54) is 11.3 Å². The SMILES string of the molecule is CC(NC(=O)CNC(=O)C(=O)C(CC1CC1)NC=O)c1ccccc1.CC1CCCN1C(=O)C(NC(=O)OC(C)(C)C(F)(F)F)C(C)(C)C.CCC.CN(C)C=O. The first-order chi connectivity index (χ1) is 26.4. The molecular weight excluding hydrogens is 749 g/mol. The van der Waals surface area contributed by atoms with Crippen LogP contribution in [0, 0.1) is 11.3 Å². The first-order valence-electron chi connectivity index (χ1n) is 19.2. The van der Waals surface area contributed by atoms with Crippen molar-refractivity contribution in [2.45, 2.75) is 137 Å². The van der Waals surface area contributed by atoms with Crippen LogP contribution >= 0.6 is 0 Å². The van der Waals surface area contributed by atoms with Gasteiger partial charge in [0, 0.05) is 26.7 Å². The molecule has 1 saturated carbocycles. The van der Waals surface area contributed by atoms with Gasteiger partial charge in [-0.25, -0.2) is 4.79 Å². The van der Waals surface area contributed by atoms with Crippen molar-refractivity contribution in [3.63, 3.8) is 0 Å². The number of amides is 6. The molecule has 0 aromatic heterocycles. The number of nitrogens with zero attached hydrogens (tertiary/aromatic N) is 2. The zero-order valence-corrected chi connectivity index (χ0v) is 35.4. The standard InChI is InChI=1S/C18H23N3O4.C16H27F3N2O3.C3H7NO.C3H8/c1-12(14-5-3-2-4-6-14)21-16(23)10-19-18(25)17(24)15(20-11-22)9-13-7-8-13;1-10-8-7-9-21(10)12(22)11(14(2,3)4)20-13(23)24-15(5,6)16(17,18)19;1-4(2)3-5;1-3-2/h2-6,11-13,15H,7-10H2,1H3,(H,19,25)(H,20,22)(H,21,23);10-11H,7-9H2,1-6H3,(H,20,23);3H,1-2H3;3H2,1-2H3. The Labute approximate surface area is 335 Å². The van der Waals surface area contributed by atoms with Gasteiger partial charge in [0.25, 0.3) is 5.91 Å². The third-order valence-corrected chi connectivity index (χ3v) is 8.61. The van der Waals surface area contributed by atoms with Crippen molar-refractivity contribution in [1.29, 1.82) is 0 Å². The average Bonchev–Trinajstić information content (AvgIpc) is 3.84. The maximum absolute atomic E-state index is 12.8. The topological polar surface area (TPSA) is 183 Å².